The summed E-state index contributed by atoms with van der Waals surface area (Å²) >= 11 is 3.56. The lowest BCUT2D eigenvalue weighted by molar-refractivity contribution is -0.0290. The first kappa shape index (κ1) is 16.8. The Morgan fingerprint density at radius 2 is 2.24 bits per heavy atom. The van der Waals surface area contributed by atoms with Crippen molar-refractivity contribution in [3.8, 4) is 5.75 Å². The Bertz CT molecular complexity index is 450. The van der Waals surface area contributed by atoms with Crippen LogP contribution in [0.5, 0.6) is 5.75 Å². The zero-order valence-corrected chi connectivity index (χ0v) is 14.8. The molecule has 0 saturated carbocycles. The van der Waals surface area contributed by atoms with Gasteiger partial charge in [0.25, 0.3) is 0 Å². The van der Waals surface area contributed by atoms with Crippen LogP contribution in [-0.2, 0) is 4.74 Å². The average Bonchev–Trinajstić information content (AvgIpc) is 2.47. The van der Waals surface area contributed by atoms with Crippen LogP contribution in [0.25, 0.3) is 0 Å². The van der Waals surface area contributed by atoms with Crippen molar-refractivity contribution < 1.29 is 9.47 Å². The molecule has 0 aliphatic carbocycles. The second-order valence-corrected chi connectivity index (χ2v) is 7.05. The van der Waals surface area contributed by atoms with E-state index in [1.807, 2.05) is 12.1 Å². The van der Waals surface area contributed by atoms with E-state index in [0.29, 0.717) is 11.8 Å². The van der Waals surface area contributed by atoms with Crippen molar-refractivity contribution >= 4 is 15.9 Å². The minimum atomic E-state index is 0.117. The van der Waals surface area contributed by atoms with E-state index < -0.39 is 0 Å². The van der Waals surface area contributed by atoms with Crippen molar-refractivity contribution in [2.45, 2.75) is 32.8 Å². The first-order valence-electron chi connectivity index (χ1n) is 7.77. The van der Waals surface area contributed by atoms with Crippen LogP contribution in [-0.4, -0.2) is 26.8 Å². The predicted octanol–water partition coefficient (Wildman–Crippen LogP) is 4.17. The van der Waals surface area contributed by atoms with Crippen LogP contribution in [0, 0.1) is 11.8 Å². The first-order valence-corrected chi connectivity index (χ1v) is 8.57. The summed E-state index contributed by atoms with van der Waals surface area (Å²) in [6.07, 6.45) is 2.46. The van der Waals surface area contributed by atoms with Gasteiger partial charge in [-0.1, -0.05) is 29.8 Å². The average molecular weight is 356 g/mol. The molecule has 1 heterocycles. The van der Waals surface area contributed by atoms with E-state index in [0.717, 1.165) is 41.9 Å². The highest BCUT2D eigenvalue weighted by Crippen LogP contribution is 2.39. The smallest absolute Gasteiger partial charge is 0.124 e. The lowest BCUT2D eigenvalue weighted by Gasteiger charge is -2.33. The fourth-order valence-electron chi connectivity index (χ4n) is 2.88. The lowest BCUT2D eigenvalue weighted by Crippen LogP contribution is -2.33. The van der Waals surface area contributed by atoms with Gasteiger partial charge < -0.3 is 14.8 Å². The van der Waals surface area contributed by atoms with E-state index in [2.05, 4.69) is 41.2 Å². The summed E-state index contributed by atoms with van der Waals surface area (Å²) in [5, 5.41) is 3.57. The third-order valence-corrected chi connectivity index (χ3v) is 4.40. The summed E-state index contributed by atoms with van der Waals surface area (Å²) in [4.78, 5) is 0. The van der Waals surface area contributed by atoms with Crippen LogP contribution in [0.3, 0.4) is 0 Å². The van der Waals surface area contributed by atoms with Crippen molar-refractivity contribution in [1.29, 1.82) is 0 Å². The van der Waals surface area contributed by atoms with Crippen LogP contribution in [0.4, 0.5) is 0 Å². The largest absolute Gasteiger partial charge is 0.496 e. The number of nitrogens with one attached hydrogen (secondary N) is 1. The van der Waals surface area contributed by atoms with Crippen molar-refractivity contribution in [2.24, 2.45) is 11.8 Å². The molecule has 1 aliphatic rings. The predicted molar refractivity (Wildman–Crippen MR) is 89.8 cm³/mol. The molecule has 21 heavy (non-hydrogen) atoms. The minimum absolute atomic E-state index is 0.117. The zero-order chi connectivity index (χ0) is 15.2. The van der Waals surface area contributed by atoms with E-state index >= 15 is 0 Å². The Kier molecular flexibility index (Phi) is 6.52. The quantitative estimate of drug-likeness (QED) is 0.830. The summed E-state index contributed by atoms with van der Waals surface area (Å²) in [5.41, 5.74) is 1.16. The van der Waals surface area contributed by atoms with Crippen molar-refractivity contribution in [3.05, 3.63) is 28.2 Å². The molecule has 0 spiro atoms. The number of methoxy groups -OCH3 is 1. The fraction of sp³-hybridized carbons (Fsp3) is 0.647. The molecule has 2 rings (SSSR count). The second-order valence-electron chi connectivity index (χ2n) is 6.13. The number of hydrogen-bond donors (Lipinski definition) is 1. The van der Waals surface area contributed by atoms with Crippen LogP contribution in [0.2, 0.25) is 0 Å². The standard InChI is InChI=1S/C17H26BrNO2/c1-12(2)10-19-11-13-5-4-8-21-17(13)15-9-14(18)6-7-16(15)20-3/h6-7,9,12-13,17,19H,4-5,8,10-11H2,1-3H3. The topological polar surface area (TPSA) is 30.5 Å². The maximum absolute atomic E-state index is 6.09. The molecule has 1 fully saturated rings. The lowest BCUT2D eigenvalue weighted by atomic mass is 9.89. The molecule has 2 unspecified atom stereocenters. The normalized spacial score (nSPS) is 22.5. The molecule has 2 atom stereocenters. The van der Waals surface area contributed by atoms with Crippen molar-refractivity contribution in [1.82, 2.24) is 5.32 Å². The fourth-order valence-corrected chi connectivity index (χ4v) is 3.26. The van der Waals surface area contributed by atoms with Gasteiger partial charge in [-0.3, -0.25) is 0 Å². The number of benzene rings is 1. The van der Waals surface area contributed by atoms with Crippen LogP contribution < -0.4 is 10.1 Å². The van der Waals surface area contributed by atoms with E-state index in [1.165, 1.54) is 6.42 Å². The second kappa shape index (κ2) is 8.16. The molecule has 0 amide bonds. The Balaban J connectivity index is 2.12. The third kappa shape index (κ3) is 4.70. The summed E-state index contributed by atoms with van der Waals surface area (Å²) < 4.78 is 12.7. The van der Waals surface area contributed by atoms with Crippen LogP contribution in [0.15, 0.2) is 22.7 Å². The maximum atomic E-state index is 6.09. The highest BCUT2D eigenvalue weighted by Gasteiger charge is 2.29. The monoisotopic (exact) mass is 355 g/mol. The van der Waals surface area contributed by atoms with E-state index in [1.54, 1.807) is 7.11 Å². The molecule has 1 aromatic rings. The number of halogens is 1. The van der Waals surface area contributed by atoms with Gasteiger partial charge in [0.2, 0.25) is 0 Å². The van der Waals surface area contributed by atoms with Gasteiger partial charge in [0, 0.05) is 29.1 Å². The van der Waals surface area contributed by atoms with Gasteiger partial charge in [0.1, 0.15) is 5.75 Å². The van der Waals surface area contributed by atoms with E-state index in [-0.39, 0.29) is 6.10 Å². The Morgan fingerprint density at radius 3 is 2.95 bits per heavy atom. The molecular formula is C17H26BrNO2. The van der Waals surface area contributed by atoms with Gasteiger partial charge in [-0.2, -0.15) is 0 Å². The first-order chi connectivity index (χ1) is 10.1. The summed E-state index contributed by atoms with van der Waals surface area (Å²) in [5.74, 6) is 2.09. The SMILES string of the molecule is COc1ccc(Br)cc1C1OCCCC1CNCC(C)C. The molecule has 0 bridgehead atoms. The maximum Gasteiger partial charge on any atom is 0.124 e. The molecule has 1 N–H and O–H groups in total. The molecule has 0 radical (unpaired) electrons. The van der Waals surface area contributed by atoms with Crippen LogP contribution in [0.1, 0.15) is 38.4 Å². The molecule has 118 valence electrons. The third-order valence-electron chi connectivity index (χ3n) is 3.90. The van der Waals surface area contributed by atoms with Crippen LogP contribution >= 0.6 is 15.9 Å². The Labute approximate surface area is 136 Å². The minimum Gasteiger partial charge on any atom is -0.496 e. The molecule has 1 aliphatic heterocycles. The highest BCUT2D eigenvalue weighted by atomic mass is 79.9. The molecule has 1 aromatic carbocycles. The van der Waals surface area contributed by atoms with Crippen molar-refractivity contribution in [3.63, 3.8) is 0 Å². The zero-order valence-electron chi connectivity index (χ0n) is 13.2. The Hall–Kier alpha value is -0.580. The number of hydrogen-bond acceptors (Lipinski definition) is 3. The summed E-state index contributed by atoms with van der Waals surface area (Å²) in [7, 11) is 1.72. The van der Waals surface area contributed by atoms with Gasteiger partial charge in [0.05, 0.1) is 13.2 Å². The van der Waals surface area contributed by atoms with E-state index in [4.69, 9.17) is 9.47 Å². The van der Waals surface area contributed by atoms with Gasteiger partial charge >= 0.3 is 0 Å². The molecule has 0 aromatic heterocycles. The Morgan fingerprint density at radius 1 is 1.43 bits per heavy atom. The van der Waals surface area contributed by atoms with Gasteiger partial charge in [0.15, 0.2) is 0 Å². The number of ether oxygens (including phenoxy) is 2. The summed E-state index contributed by atoms with van der Waals surface area (Å²) in [6.45, 7) is 7.36. The molecular weight excluding hydrogens is 330 g/mol. The summed E-state index contributed by atoms with van der Waals surface area (Å²) in [6, 6.07) is 6.15. The molecule has 1 saturated heterocycles. The van der Waals surface area contributed by atoms with E-state index in [9.17, 15) is 0 Å². The molecule has 4 heteroatoms. The molecule has 3 nitrogen and oxygen atoms in total. The van der Waals surface area contributed by atoms with Gasteiger partial charge in [-0.25, -0.2) is 0 Å². The number of rotatable bonds is 6. The van der Waals surface area contributed by atoms with Gasteiger partial charge in [-0.15, -0.1) is 0 Å². The van der Waals surface area contributed by atoms with Gasteiger partial charge in [-0.05, 0) is 43.5 Å². The highest BCUT2D eigenvalue weighted by molar-refractivity contribution is 9.10. The van der Waals surface area contributed by atoms with Crippen molar-refractivity contribution in [2.75, 3.05) is 26.8 Å².